The summed E-state index contributed by atoms with van der Waals surface area (Å²) in [6, 6.07) is 6.82. The van der Waals surface area contributed by atoms with Gasteiger partial charge < -0.3 is 9.64 Å². The van der Waals surface area contributed by atoms with E-state index in [1.807, 2.05) is 6.07 Å². The molecule has 1 N–H and O–H groups in total. The third kappa shape index (κ3) is 4.20. The third-order valence-electron chi connectivity index (χ3n) is 7.65. The van der Waals surface area contributed by atoms with E-state index in [1.54, 1.807) is 10.6 Å². The van der Waals surface area contributed by atoms with Gasteiger partial charge in [0.15, 0.2) is 10.7 Å². The summed E-state index contributed by atoms with van der Waals surface area (Å²) in [6.45, 7) is 4.43. The molecule has 40 heavy (non-hydrogen) atoms. The molecular weight excluding hydrogens is 564 g/mol. The Hall–Kier alpha value is -3.36. The molecule has 5 heterocycles. The number of fused-ring (bicyclic) bond motifs is 4. The highest BCUT2D eigenvalue weighted by Gasteiger charge is 2.47. The van der Waals surface area contributed by atoms with Crippen LogP contribution < -0.4 is 9.62 Å². The summed E-state index contributed by atoms with van der Waals surface area (Å²) in [5.74, 6) is 0.660. The Morgan fingerprint density at radius 3 is 2.80 bits per heavy atom. The van der Waals surface area contributed by atoms with Crippen molar-refractivity contribution in [1.29, 1.82) is 5.26 Å². The molecule has 208 valence electrons. The number of rotatable bonds is 6. The SMILES string of the molecule is N#CC1(NS(=O)(=O)c2ccc3c4c(N5CCN6CCOC[C@@H]6C5)ncnc4n(-c4nnc(C(F)F)s4)c3c2)CC1. The molecule has 0 spiro atoms. The molecule has 0 unspecified atom stereocenters. The number of benzene rings is 1. The minimum Gasteiger partial charge on any atom is -0.378 e. The van der Waals surface area contributed by atoms with Crippen molar-refractivity contribution in [2.24, 2.45) is 0 Å². The molecule has 4 aromatic rings. The van der Waals surface area contributed by atoms with Crippen LogP contribution in [-0.4, -0.2) is 89.0 Å². The van der Waals surface area contributed by atoms with Crippen LogP contribution in [0.4, 0.5) is 14.6 Å². The lowest BCUT2D eigenvalue weighted by Crippen LogP contribution is -2.58. The number of alkyl halides is 2. The van der Waals surface area contributed by atoms with E-state index in [2.05, 4.69) is 34.7 Å². The van der Waals surface area contributed by atoms with Crippen LogP contribution in [0.1, 0.15) is 24.3 Å². The van der Waals surface area contributed by atoms with Crippen molar-refractivity contribution in [2.75, 3.05) is 44.3 Å². The number of hydrogen-bond donors (Lipinski definition) is 1. The van der Waals surface area contributed by atoms with Crippen molar-refractivity contribution in [1.82, 2.24) is 34.4 Å². The van der Waals surface area contributed by atoms with Gasteiger partial charge in [-0.3, -0.25) is 9.47 Å². The van der Waals surface area contributed by atoms with Gasteiger partial charge in [0.25, 0.3) is 6.43 Å². The lowest BCUT2D eigenvalue weighted by Gasteiger charge is -2.44. The Bertz CT molecular complexity index is 1780. The van der Waals surface area contributed by atoms with Crippen LogP contribution in [0.25, 0.3) is 27.1 Å². The molecule has 1 aliphatic carbocycles. The Labute approximate surface area is 231 Å². The molecular formula is C24H23F2N9O3S2. The van der Waals surface area contributed by atoms with Crippen molar-refractivity contribution in [3.63, 3.8) is 0 Å². The first-order valence-electron chi connectivity index (χ1n) is 12.7. The first kappa shape index (κ1) is 25.6. The molecule has 1 aromatic carbocycles. The van der Waals surface area contributed by atoms with Gasteiger partial charge in [-0.25, -0.2) is 27.2 Å². The van der Waals surface area contributed by atoms with Crippen LogP contribution in [0.2, 0.25) is 0 Å². The molecule has 2 aliphatic heterocycles. The second kappa shape index (κ2) is 9.35. The summed E-state index contributed by atoms with van der Waals surface area (Å²) < 4.78 is 63.1. The van der Waals surface area contributed by atoms with E-state index in [9.17, 15) is 22.5 Å². The van der Waals surface area contributed by atoms with Crippen LogP contribution in [0.5, 0.6) is 0 Å². The first-order valence-corrected chi connectivity index (χ1v) is 15.0. The summed E-state index contributed by atoms with van der Waals surface area (Å²) in [6.07, 6.45) is -0.524. The first-order chi connectivity index (χ1) is 19.3. The van der Waals surface area contributed by atoms with E-state index < -0.39 is 27.0 Å². The molecule has 0 bridgehead atoms. The number of anilines is 1. The number of piperazine rings is 1. The molecule has 3 aromatic heterocycles. The molecule has 2 saturated heterocycles. The average molecular weight is 588 g/mol. The molecule has 12 nitrogen and oxygen atoms in total. The Kier molecular flexibility index (Phi) is 5.98. The van der Waals surface area contributed by atoms with Crippen LogP contribution in [0.3, 0.4) is 0 Å². The maximum Gasteiger partial charge on any atom is 0.291 e. The zero-order valence-electron chi connectivity index (χ0n) is 21.0. The number of halogens is 2. The Morgan fingerprint density at radius 2 is 2.05 bits per heavy atom. The predicted octanol–water partition coefficient (Wildman–Crippen LogP) is 2.22. The van der Waals surface area contributed by atoms with Gasteiger partial charge in [-0.2, -0.15) is 9.98 Å². The van der Waals surface area contributed by atoms with Crippen molar-refractivity contribution in [2.45, 2.75) is 35.7 Å². The minimum atomic E-state index is -4.05. The fourth-order valence-corrected chi connectivity index (χ4v) is 7.53. The van der Waals surface area contributed by atoms with Gasteiger partial charge >= 0.3 is 0 Å². The zero-order chi connectivity index (χ0) is 27.6. The molecule has 1 atom stereocenters. The number of nitrogens with one attached hydrogen (secondary N) is 1. The molecule has 0 radical (unpaired) electrons. The summed E-state index contributed by atoms with van der Waals surface area (Å²) in [7, 11) is -4.05. The van der Waals surface area contributed by atoms with Gasteiger partial charge in [-0.05, 0) is 25.0 Å². The minimum absolute atomic E-state index is 0.0633. The van der Waals surface area contributed by atoms with Crippen LogP contribution in [0.15, 0.2) is 29.4 Å². The normalized spacial score (nSPS) is 21.1. The predicted molar refractivity (Wildman–Crippen MR) is 141 cm³/mol. The highest BCUT2D eigenvalue weighted by atomic mass is 32.2. The number of nitriles is 1. The second-order valence-electron chi connectivity index (χ2n) is 10.1. The van der Waals surface area contributed by atoms with Gasteiger partial charge in [0, 0.05) is 31.6 Å². The maximum atomic E-state index is 13.4. The number of sulfonamides is 1. The largest absolute Gasteiger partial charge is 0.378 e. The summed E-state index contributed by atoms with van der Waals surface area (Å²) in [5.41, 5.74) is -0.300. The fourth-order valence-electron chi connectivity index (χ4n) is 5.42. The average Bonchev–Trinajstić information content (AvgIpc) is 3.40. The van der Waals surface area contributed by atoms with Gasteiger partial charge in [0.05, 0.1) is 41.1 Å². The van der Waals surface area contributed by atoms with Gasteiger partial charge in [0.2, 0.25) is 15.2 Å². The van der Waals surface area contributed by atoms with E-state index >= 15 is 0 Å². The summed E-state index contributed by atoms with van der Waals surface area (Å²) in [5, 5.41) is 18.0. The van der Waals surface area contributed by atoms with E-state index in [4.69, 9.17) is 4.74 Å². The molecule has 0 amide bonds. The summed E-state index contributed by atoms with van der Waals surface area (Å²) >= 11 is 0.707. The second-order valence-corrected chi connectivity index (χ2v) is 12.8. The van der Waals surface area contributed by atoms with Crippen molar-refractivity contribution in [3.8, 4) is 11.2 Å². The lowest BCUT2D eigenvalue weighted by molar-refractivity contribution is -0.0117. The van der Waals surface area contributed by atoms with Crippen LogP contribution in [-0.2, 0) is 14.8 Å². The van der Waals surface area contributed by atoms with Gasteiger partial charge in [-0.15, -0.1) is 10.2 Å². The topological polar surface area (TPSA) is 142 Å². The highest BCUT2D eigenvalue weighted by Crippen LogP contribution is 2.40. The van der Waals surface area contributed by atoms with Crippen LogP contribution in [0, 0.1) is 11.3 Å². The number of ether oxygens (including phenoxy) is 1. The molecule has 3 fully saturated rings. The zero-order valence-corrected chi connectivity index (χ0v) is 22.6. The number of morpholine rings is 1. The van der Waals surface area contributed by atoms with E-state index in [0.29, 0.717) is 71.7 Å². The van der Waals surface area contributed by atoms with Crippen molar-refractivity contribution >= 4 is 49.1 Å². The third-order valence-corrected chi connectivity index (χ3v) is 10.1. The van der Waals surface area contributed by atoms with Gasteiger partial charge in [0.1, 0.15) is 17.7 Å². The molecule has 3 aliphatic rings. The number of nitrogens with zero attached hydrogens (tertiary/aromatic N) is 8. The number of aromatic nitrogens is 5. The smallest absolute Gasteiger partial charge is 0.291 e. The fraction of sp³-hybridized carbons (Fsp3) is 0.458. The van der Waals surface area contributed by atoms with Crippen molar-refractivity contribution < 1.29 is 21.9 Å². The molecule has 1 saturated carbocycles. The van der Waals surface area contributed by atoms with E-state index in [-0.39, 0.29) is 16.1 Å². The maximum absolute atomic E-state index is 13.4. The van der Waals surface area contributed by atoms with Gasteiger partial charge in [-0.1, -0.05) is 17.4 Å². The lowest BCUT2D eigenvalue weighted by atomic mass is 10.1. The van der Waals surface area contributed by atoms with Crippen molar-refractivity contribution in [3.05, 3.63) is 29.5 Å². The quantitative estimate of drug-likeness (QED) is 0.357. The monoisotopic (exact) mass is 587 g/mol. The van der Waals surface area contributed by atoms with E-state index in [1.165, 1.54) is 18.5 Å². The summed E-state index contributed by atoms with van der Waals surface area (Å²) in [4.78, 5) is 13.6. The Balaban J connectivity index is 1.40. The molecule has 7 rings (SSSR count). The van der Waals surface area contributed by atoms with Crippen LogP contribution >= 0.6 is 11.3 Å². The highest BCUT2D eigenvalue weighted by molar-refractivity contribution is 7.89. The number of hydrogen-bond acceptors (Lipinski definition) is 11. The molecule has 16 heteroatoms. The Morgan fingerprint density at radius 1 is 1.20 bits per heavy atom. The standard InChI is InChI=1S/C24H23F2N9O3S2/c25-19(26)22-30-31-23(39-22)35-17-9-15(40(36,37)32-24(12-27)3-4-24)1-2-16(17)18-20(28-13-29-21(18)35)34-6-5-33-7-8-38-11-14(33)10-34/h1-2,9,13-14,19,32H,3-8,10-11H2/t14-/m0/s1. The van der Waals surface area contributed by atoms with E-state index in [0.717, 1.165) is 19.6 Å².